The molecule has 1 N–H and O–H groups in total. The van der Waals surface area contributed by atoms with Crippen molar-refractivity contribution in [3.8, 4) is 5.75 Å². The number of rotatable bonds is 14. The van der Waals surface area contributed by atoms with Crippen LogP contribution in [-0.2, 0) is 17.3 Å². The third-order valence-corrected chi connectivity index (χ3v) is 6.37. The molecule has 1 nitrogen and oxygen atoms in total. The molecule has 0 bridgehead atoms. The molecule has 1 aromatic carbocycles. The zero-order valence-corrected chi connectivity index (χ0v) is 21.5. The molecule has 1 heteroatoms. The van der Waals surface area contributed by atoms with E-state index in [1.807, 2.05) is 0 Å². The van der Waals surface area contributed by atoms with Crippen LogP contribution in [0.2, 0.25) is 0 Å². The maximum atomic E-state index is 11.0. The van der Waals surface area contributed by atoms with Gasteiger partial charge in [-0.3, -0.25) is 0 Å². The van der Waals surface area contributed by atoms with E-state index < -0.39 is 0 Å². The highest BCUT2D eigenvalue weighted by Crippen LogP contribution is 2.41. The monoisotopic (exact) mass is 416 g/mol. The number of aromatic hydroxyl groups is 1. The van der Waals surface area contributed by atoms with Crippen molar-refractivity contribution in [1.29, 1.82) is 0 Å². The Balaban J connectivity index is 2.34. The molecule has 0 radical (unpaired) electrons. The zero-order valence-electron chi connectivity index (χ0n) is 21.5. The first-order chi connectivity index (χ1) is 14.1. The number of hydrogen-bond donors (Lipinski definition) is 1. The van der Waals surface area contributed by atoms with Gasteiger partial charge in [-0.2, -0.15) is 0 Å². The lowest BCUT2D eigenvalue weighted by Crippen LogP contribution is -2.19. The molecule has 30 heavy (non-hydrogen) atoms. The second kappa shape index (κ2) is 13.4. The smallest absolute Gasteiger partial charge is 0.123 e. The van der Waals surface area contributed by atoms with Crippen LogP contribution >= 0.6 is 0 Å². The van der Waals surface area contributed by atoms with E-state index in [1.54, 1.807) is 0 Å². The largest absolute Gasteiger partial charge is 0.507 e. The van der Waals surface area contributed by atoms with Crippen LogP contribution in [0.4, 0.5) is 0 Å². The summed E-state index contributed by atoms with van der Waals surface area (Å²) < 4.78 is 0. The van der Waals surface area contributed by atoms with Crippen LogP contribution in [0.3, 0.4) is 0 Å². The minimum Gasteiger partial charge on any atom is -0.507 e. The van der Waals surface area contributed by atoms with Gasteiger partial charge in [0.2, 0.25) is 0 Å². The maximum absolute atomic E-state index is 11.0. The maximum Gasteiger partial charge on any atom is 0.123 e. The van der Waals surface area contributed by atoms with Crippen molar-refractivity contribution in [3.63, 3.8) is 0 Å². The lowest BCUT2D eigenvalue weighted by atomic mass is 9.76. The molecule has 1 rings (SSSR count). The minimum absolute atomic E-state index is 0.0296. The molecule has 0 aromatic heterocycles. The van der Waals surface area contributed by atoms with Gasteiger partial charge in [-0.1, -0.05) is 138 Å². The summed E-state index contributed by atoms with van der Waals surface area (Å²) in [6.07, 6.45) is 19.1. The molecular formula is C29H52O. The van der Waals surface area contributed by atoms with Gasteiger partial charge in [-0.25, -0.2) is 0 Å². The SMILES string of the molecule is CCCCCCCCCCCCCCCc1ccc(C(C)(C)C)c(O)c1C(C)(C)C. The van der Waals surface area contributed by atoms with Crippen molar-refractivity contribution in [2.24, 2.45) is 0 Å². The lowest BCUT2D eigenvalue weighted by molar-refractivity contribution is 0.420. The highest BCUT2D eigenvalue weighted by atomic mass is 16.3. The van der Waals surface area contributed by atoms with Crippen LogP contribution in [0.5, 0.6) is 5.75 Å². The Bertz CT molecular complexity index is 586. The highest BCUT2D eigenvalue weighted by molar-refractivity contribution is 5.51. The first-order valence-corrected chi connectivity index (χ1v) is 12.9. The van der Waals surface area contributed by atoms with E-state index in [-0.39, 0.29) is 10.8 Å². The van der Waals surface area contributed by atoms with Crippen molar-refractivity contribution < 1.29 is 5.11 Å². The third-order valence-electron chi connectivity index (χ3n) is 6.37. The number of aryl methyl sites for hydroxylation is 1. The van der Waals surface area contributed by atoms with E-state index in [1.165, 1.54) is 89.0 Å². The Morgan fingerprint density at radius 3 is 1.43 bits per heavy atom. The normalized spacial score (nSPS) is 12.5. The van der Waals surface area contributed by atoms with Gasteiger partial charge >= 0.3 is 0 Å². The van der Waals surface area contributed by atoms with Crippen molar-refractivity contribution >= 4 is 0 Å². The van der Waals surface area contributed by atoms with Crippen LogP contribution in [-0.4, -0.2) is 5.11 Å². The molecule has 0 amide bonds. The summed E-state index contributed by atoms with van der Waals surface area (Å²) in [6, 6.07) is 4.43. The standard InChI is InChI=1S/C29H52O/c1-8-9-10-11-12-13-14-15-16-17-18-19-20-21-24-22-23-25(28(2,3)4)27(30)26(24)29(5,6)7/h22-23,30H,8-21H2,1-7H3. The Morgan fingerprint density at radius 2 is 1.03 bits per heavy atom. The van der Waals surface area contributed by atoms with Crippen LogP contribution in [0.15, 0.2) is 12.1 Å². The highest BCUT2D eigenvalue weighted by Gasteiger charge is 2.27. The predicted octanol–water partition coefficient (Wildman–Crippen LogP) is 9.62. The van der Waals surface area contributed by atoms with Gasteiger partial charge in [-0.05, 0) is 34.8 Å². The van der Waals surface area contributed by atoms with Crippen molar-refractivity contribution in [1.82, 2.24) is 0 Å². The van der Waals surface area contributed by atoms with E-state index >= 15 is 0 Å². The summed E-state index contributed by atoms with van der Waals surface area (Å²) in [5.41, 5.74) is 3.52. The van der Waals surface area contributed by atoms with Crippen molar-refractivity contribution in [2.45, 2.75) is 149 Å². The Labute approximate surface area is 189 Å². The van der Waals surface area contributed by atoms with Gasteiger partial charge < -0.3 is 5.11 Å². The molecule has 0 aliphatic carbocycles. The number of hydrogen-bond acceptors (Lipinski definition) is 1. The van der Waals surface area contributed by atoms with Crippen LogP contribution in [0.1, 0.15) is 149 Å². The summed E-state index contributed by atoms with van der Waals surface area (Å²) in [5.74, 6) is 0.530. The molecule has 0 spiro atoms. The van der Waals surface area contributed by atoms with Crippen LogP contribution < -0.4 is 0 Å². The van der Waals surface area contributed by atoms with Crippen molar-refractivity contribution in [3.05, 3.63) is 28.8 Å². The Kier molecular flexibility index (Phi) is 12.1. The van der Waals surface area contributed by atoms with Gasteiger partial charge in [0, 0.05) is 5.56 Å². The molecule has 0 aliphatic rings. The lowest BCUT2D eigenvalue weighted by Gasteiger charge is -2.29. The Hall–Kier alpha value is -0.980. The van der Waals surface area contributed by atoms with Gasteiger partial charge in [0.15, 0.2) is 0 Å². The first-order valence-electron chi connectivity index (χ1n) is 12.9. The van der Waals surface area contributed by atoms with Gasteiger partial charge in [0.1, 0.15) is 5.75 Å². The molecule has 0 fully saturated rings. The summed E-state index contributed by atoms with van der Waals surface area (Å²) in [5, 5.41) is 11.0. The molecule has 0 saturated heterocycles. The second-order valence-electron chi connectivity index (χ2n) is 11.5. The fourth-order valence-electron chi connectivity index (χ4n) is 4.62. The first kappa shape index (κ1) is 27.1. The molecular weight excluding hydrogens is 364 g/mol. The summed E-state index contributed by atoms with van der Waals surface area (Å²) >= 11 is 0. The summed E-state index contributed by atoms with van der Waals surface area (Å²) in [6.45, 7) is 15.5. The summed E-state index contributed by atoms with van der Waals surface area (Å²) in [4.78, 5) is 0. The average molecular weight is 417 g/mol. The minimum atomic E-state index is -0.0305. The van der Waals surface area contributed by atoms with Crippen LogP contribution in [0.25, 0.3) is 0 Å². The molecule has 0 aliphatic heterocycles. The number of phenols is 1. The molecule has 0 unspecified atom stereocenters. The third kappa shape index (κ3) is 9.88. The van der Waals surface area contributed by atoms with E-state index in [9.17, 15) is 5.11 Å². The van der Waals surface area contributed by atoms with Gasteiger partial charge in [0.25, 0.3) is 0 Å². The molecule has 0 atom stereocenters. The molecule has 0 saturated carbocycles. The van der Waals surface area contributed by atoms with E-state index in [2.05, 4.69) is 60.6 Å². The van der Waals surface area contributed by atoms with E-state index in [0.29, 0.717) is 5.75 Å². The molecule has 1 aromatic rings. The fraction of sp³-hybridized carbons (Fsp3) is 0.793. The van der Waals surface area contributed by atoms with E-state index in [4.69, 9.17) is 0 Å². The Morgan fingerprint density at radius 1 is 0.600 bits per heavy atom. The van der Waals surface area contributed by atoms with E-state index in [0.717, 1.165) is 17.5 Å². The van der Waals surface area contributed by atoms with Crippen molar-refractivity contribution in [2.75, 3.05) is 0 Å². The quantitative estimate of drug-likeness (QED) is 0.299. The fourth-order valence-corrected chi connectivity index (χ4v) is 4.62. The number of unbranched alkanes of at least 4 members (excludes halogenated alkanes) is 12. The molecule has 0 heterocycles. The zero-order chi connectivity index (χ0) is 22.6. The number of benzene rings is 1. The topological polar surface area (TPSA) is 20.2 Å². The average Bonchev–Trinajstić information content (AvgIpc) is 2.63. The predicted molar refractivity (Wildman–Crippen MR) is 135 cm³/mol. The number of phenolic OH excluding ortho intramolecular Hbond substituents is 1. The van der Waals surface area contributed by atoms with Gasteiger partial charge in [-0.15, -0.1) is 0 Å². The van der Waals surface area contributed by atoms with Crippen LogP contribution in [0, 0.1) is 0 Å². The molecule has 174 valence electrons. The summed E-state index contributed by atoms with van der Waals surface area (Å²) in [7, 11) is 0. The second-order valence-corrected chi connectivity index (χ2v) is 11.5. The van der Waals surface area contributed by atoms with Gasteiger partial charge in [0.05, 0.1) is 0 Å².